The number of hydrogen-bond donors (Lipinski definition) is 2. The van der Waals surface area contributed by atoms with Crippen molar-refractivity contribution in [2.45, 2.75) is 59.8 Å². The monoisotopic (exact) mass is 409 g/mol. The second kappa shape index (κ2) is 7.75. The molecule has 1 aliphatic rings. The Bertz CT molecular complexity index is 1140. The Morgan fingerprint density at radius 3 is 2.72 bits per heavy atom. The van der Waals surface area contributed by atoms with Gasteiger partial charge in [-0.25, -0.2) is 4.98 Å². The quantitative estimate of drug-likeness (QED) is 0.661. The number of fused-ring (bicyclic) bond motifs is 3. The molecule has 0 bridgehead atoms. The van der Waals surface area contributed by atoms with Crippen molar-refractivity contribution in [3.05, 3.63) is 55.4 Å². The van der Waals surface area contributed by atoms with Gasteiger partial charge < -0.3 is 10.3 Å². The third-order valence-corrected chi connectivity index (χ3v) is 6.89. The average Bonchev–Trinajstić information content (AvgIpc) is 3.00. The van der Waals surface area contributed by atoms with Crippen LogP contribution in [0.5, 0.6) is 0 Å². The van der Waals surface area contributed by atoms with Crippen molar-refractivity contribution < 1.29 is 4.79 Å². The molecule has 0 fully saturated rings. The normalized spacial score (nSPS) is 16.1. The summed E-state index contributed by atoms with van der Waals surface area (Å²) < 4.78 is 0. The summed E-state index contributed by atoms with van der Waals surface area (Å²) in [7, 11) is 0. The van der Waals surface area contributed by atoms with E-state index in [0.29, 0.717) is 18.2 Å². The maximum absolute atomic E-state index is 12.7. The van der Waals surface area contributed by atoms with Gasteiger partial charge in [-0.3, -0.25) is 9.59 Å². The number of amides is 1. The van der Waals surface area contributed by atoms with Gasteiger partial charge in [-0.2, -0.15) is 0 Å². The van der Waals surface area contributed by atoms with Crippen molar-refractivity contribution in [2.75, 3.05) is 5.32 Å². The number of rotatable bonds is 4. The van der Waals surface area contributed by atoms with Crippen LogP contribution in [0, 0.1) is 26.7 Å². The van der Waals surface area contributed by atoms with E-state index in [1.54, 1.807) is 11.3 Å². The highest BCUT2D eigenvalue weighted by Gasteiger charge is 2.23. The number of thiophene rings is 1. The van der Waals surface area contributed by atoms with Gasteiger partial charge in [-0.15, -0.1) is 11.3 Å². The number of nitrogens with one attached hydrogen (secondary N) is 2. The molecule has 1 atom stereocenters. The molecule has 1 amide bonds. The zero-order valence-corrected chi connectivity index (χ0v) is 18.3. The first kappa shape index (κ1) is 19.8. The zero-order chi connectivity index (χ0) is 20.7. The maximum Gasteiger partial charge on any atom is 0.259 e. The van der Waals surface area contributed by atoms with Gasteiger partial charge in [-0.05, 0) is 62.6 Å². The highest BCUT2D eigenvalue weighted by atomic mass is 32.1. The molecule has 5 nitrogen and oxygen atoms in total. The summed E-state index contributed by atoms with van der Waals surface area (Å²) in [6.07, 6.45) is 3.81. The lowest BCUT2D eigenvalue weighted by Gasteiger charge is -2.17. The first-order valence-corrected chi connectivity index (χ1v) is 11.0. The van der Waals surface area contributed by atoms with E-state index in [1.807, 2.05) is 20.8 Å². The first-order valence-electron chi connectivity index (χ1n) is 10.2. The highest BCUT2D eigenvalue weighted by molar-refractivity contribution is 7.18. The van der Waals surface area contributed by atoms with Gasteiger partial charge in [0.15, 0.2) is 0 Å². The predicted molar refractivity (Wildman–Crippen MR) is 119 cm³/mol. The number of aromatic amines is 1. The fourth-order valence-corrected chi connectivity index (χ4v) is 5.73. The first-order chi connectivity index (χ1) is 13.8. The van der Waals surface area contributed by atoms with E-state index in [-0.39, 0.29) is 17.9 Å². The van der Waals surface area contributed by atoms with Gasteiger partial charge in [0.05, 0.1) is 5.39 Å². The molecule has 0 saturated carbocycles. The second-order valence-electron chi connectivity index (χ2n) is 8.37. The minimum absolute atomic E-state index is 0.0670. The summed E-state index contributed by atoms with van der Waals surface area (Å²) >= 11 is 1.64. The topological polar surface area (TPSA) is 74.8 Å². The molecule has 0 aliphatic heterocycles. The molecule has 0 spiro atoms. The Labute approximate surface area is 174 Å². The van der Waals surface area contributed by atoms with Crippen LogP contribution < -0.4 is 10.9 Å². The lowest BCUT2D eigenvalue weighted by molar-refractivity contribution is -0.116. The van der Waals surface area contributed by atoms with Gasteiger partial charge >= 0.3 is 0 Å². The van der Waals surface area contributed by atoms with E-state index in [1.165, 1.54) is 16.0 Å². The number of anilines is 1. The molecule has 1 aromatic carbocycles. The molecule has 29 heavy (non-hydrogen) atoms. The van der Waals surface area contributed by atoms with Crippen LogP contribution in [0.15, 0.2) is 16.9 Å². The molecular formula is C23H27N3O2S. The molecule has 0 saturated heterocycles. The average molecular weight is 410 g/mol. The Morgan fingerprint density at radius 2 is 2.00 bits per heavy atom. The molecule has 6 heteroatoms. The van der Waals surface area contributed by atoms with Crippen molar-refractivity contribution in [3.8, 4) is 0 Å². The van der Waals surface area contributed by atoms with Crippen LogP contribution in [-0.2, 0) is 24.1 Å². The number of aromatic nitrogens is 2. The molecule has 0 radical (unpaired) electrons. The van der Waals surface area contributed by atoms with E-state index in [0.717, 1.165) is 46.3 Å². The second-order valence-corrected chi connectivity index (χ2v) is 9.45. The number of benzene rings is 1. The number of aryl methyl sites for hydroxylation is 5. The predicted octanol–water partition coefficient (Wildman–Crippen LogP) is 4.61. The van der Waals surface area contributed by atoms with Gasteiger partial charge in [-0.1, -0.05) is 24.6 Å². The number of hydrogen-bond acceptors (Lipinski definition) is 4. The number of carbonyl (C=O) groups excluding carboxylic acids is 1. The van der Waals surface area contributed by atoms with E-state index in [2.05, 4.69) is 34.3 Å². The van der Waals surface area contributed by atoms with E-state index in [9.17, 15) is 9.59 Å². The molecule has 2 heterocycles. The van der Waals surface area contributed by atoms with Gasteiger partial charge in [0.2, 0.25) is 5.91 Å². The largest absolute Gasteiger partial charge is 0.326 e. The van der Waals surface area contributed by atoms with Crippen LogP contribution in [0.2, 0.25) is 0 Å². The Hall–Kier alpha value is -2.47. The zero-order valence-electron chi connectivity index (χ0n) is 17.4. The summed E-state index contributed by atoms with van der Waals surface area (Å²) in [6.45, 7) is 8.31. The standard InChI is InChI=1S/C23H27N3O2S/c1-12-5-6-16-17(11-12)29-23-20(16)22(28)24-18(25-23)7-8-19(27)26-21-14(3)9-13(2)10-15(21)4/h9-10,12H,5-8,11H2,1-4H3,(H,26,27)(H,24,25,28). The van der Waals surface area contributed by atoms with Crippen LogP contribution >= 0.6 is 11.3 Å². The highest BCUT2D eigenvalue weighted by Crippen LogP contribution is 2.35. The molecule has 3 aromatic rings. The third kappa shape index (κ3) is 3.99. The van der Waals surface area contributed by atoms with Crippen LogP contribution in [0.4, 0.5) is 5.69 Å². The molecule has 1 unspecified atom stereocenters. The van der Waals surface area contributed by atoms with Crippen LogP contribution in [0.3, 0.4) is 0 Å². The van der Waals surface area contributed by atoms with Crippen molar-refractivity contribution in [3.63, 3.8) is 0 Å². The molecule has 2 N–H and O–H groups in total. The lowest BCUT2D eigenvalue weighted by Crippen LogP contribution is -2.17. The van der Waals surface area contributed by atoms with E-state index in [4.69, 9.17) is 0 Å². The number of nitrogens with zero attached hydrogens (tertiary/aromatic N) is 1. The summed E-state index contributed by atoms with van der Waals surface area (Å²) in [4.78, 5) is 34.9. The fraction of sp³-hybridized carbons (Fsp3) is 0.435. The Kier molecular flexibility index (Phi) is 5.30. The SMILES string of the molecule is Cc1cc(C)c(NC(=O)CCc2nc3sc4c(c3c(=O)[nH]2)CCC(C)C4)c(C)c1. The summed E-state index contributed by atoms with van der Waals surface area (Å²) in [5.74, 6) is 1.18. The van der Waals surface area contributed by atoms with Crippen LogP contribution in [0.1, 0.15) is 52.7 Å². The summed E-state index contributed by atoms with van der Waals surface area (Å²) in [5.41, 5.74) is 5.29. The molecule has 1 aliphatic carbocycles. The smallest absolute Gasteiger partial charge is 0.259 e. The molecule has 4 rings (SSSR count). The lowest BCUT2D eigenvalue weighted by atomic mass is 9.89. The summed E-state index contributed by atoms with van der Waals surface area (Å²) in [5, 5.41) is 3.78. The van der Waals surface area contributed by atoms with Crippen molar-refractivity contribution >= 4 is 33.1 Å². The Balaban J connectivity index is 1.50. The van der Waals surface area contributed by atoms with Gasteiger partial charge in [0.25, 0.3) is 5.56 Å². The van der Waals surface area contributed by atoms with Crippen LogP contribution in [0.25, 0.3) is 10.2 Å². The van der Waals surface area contributed by atoms with E-state index >= 15 is 0 Å². The minimum Gasteiger partial charge on any atom is -0.326 e. The van der Waals surface area contributed by atoms with Crippen LogP contribution in [-0.4, -0.2) is 15.9 Å². The molecular weight excluding hydrogens is 382 g/mol. The minimum atomic E-state index is -0.0675. The third-order valence-electron chi connectivity index (χ3n) is 5.74. The fourth-order valence-electron chi connectivity index (χ4n) is 4.32. The maximum atomic E-state index is 12.7. The molecule has 2 aromatic heterocycles. The van der Waals surface area contributed by atoms with Crippen molar-refractivity contribution in [2.24, 2.45) is 5.92 Å². The van der Waals surface area contributed by atoms with E-state index < -0.39 is 0 Å². The number of carbonyl (C=O) groups is 1. The van der Waals surface area contributed by atoms with Gasteiger partial charge in [0, 0.05) is 23.4 Å². The van der Waals surface area contributed by atoms with Crippen molar-refractivity contribution in [1.29, 1.82) is 0 Å². The summed E-state index contributed by atoms with van der Waals surface area (Å²) in [6, 6.07) is 4.13. The molecule has 152 valence electrons. The Morgan fingerprint density at radius 1 is 1.28 bits per heavy atom. The van der Waals surface area contributed by atoms with Crippen molar-refractivity contribution in [1.82, 2.24) is 9.97 Å². The van der Waals surface area contributed by atoms with Gasteiger partial charge in [0.1, 0.15) is 10.7 Å². The number of H-pyrrole nitrogens is 1.